The lowest BCUT2D eigenvalue weighted by Crippen LogP contribution is -2.29. The summed E-state index contributed by atoms with van der Waals surface area (Å²) in [5.41, 5.74) is 5.91. The van der Waals surface area contributed by atoms with Crippen LogP contribution in [0.15, 0.2) is 42.7 Å². The lowest BCUT2D eigenvalue weighted by atomic mass is 9.97. The molecule has 0 bridgehead atoms. The van der Waals surface area contributed by atoms with Crippen molar-refractivity contribution in [3.05, 3.63) is 59.4 Å². The summed E-state index contributed by atoms with van der Waals surface area (Å²) in [5, 5.41) is 9.20. The zero-order valence-corrected chi connectivity index (χ0v) is 20.1. The molecular formula is C27H29N5O3. The minimum Gasteiger partial charge on any atom is -0.481 e. The number of hydrogen-bond acceptors (Lipinski definition) is 7. The molecule has 0 saturated heterocycles. The molecule has 2 aromatic heterocycles. The summed E-state index contributed by atoms with van der Waals surface area (Å²) in [6.45, 7) is 1.05. The van der Waals surface area contributed by atoms with E-state index < -0.39 is 0 Å². The molecule has 2 fully saturated rings. The van der Waals surface area contributed by atoms with Crippen LogP contribution < -0.4 is 9.64 Å². The van der Waals surface area contributed by atoms with Crippen molar-refractivity contribution in [1.29, 1.82) is 0 Å². The zero-order valence-electron chi connectivity index (χ0n) is 20.1. The number of pyridine rings is 1. The highest BCUT2D eigenvalue weighted by molar-refractivity contribution is 5.96. The fraction of sp³-hybridized carbons (Fsp3) is 0.407. The maximum atomic E-state index is 12.8. The number of carbonyl (C=O) groups is 1. The third-order valence-corrected chi connectivity index (χ3v) is 7.46. The Kier molecular flexibility index (Phi) is 5.21. The second kappa shape index (κ2) is 8.30. The fourth-order valence-electron chi connectivity index (χ4n) is 5.06. The third-order valence-electron chi connectivity index (χ3n) is 7.46. The van der Waals surface area contributed by atoms with Gasteiger partial charge in [-0.05, 0) is 60.9 Å². The number of likely N-dealkylation sites (N-methyl/N-ethyl adjacent to an activating group) is 1. The van der Waals surface area contributed by atoms with Gasteiger partial charge in [-0.15, -0.1) is 0 Å². The Morgan fingerprint density at radius 1 is 1.20 bits per heavy atom. The van der Waals surface area contributed by atoms with Gasteiger partial charge in [0, 0.05) is 60.8 Å². The van der Waals surface area contributed by atoms with Crippen LogP contribution in [0.25, 0.3) is 11.3 Å². The third kappa shape index (κ3) is 3.91. The first-order valence-electron chi connectivity index (χ1n) is 12.2. The van der Waals surface area contributed by atoms with Gasteiger partial charge >= 0.3 is 0 Å². The number of benzene rings is 1. The lowest BCUT2D eigenvalue weighted by Gasteiger charge is -2.20. The Morgan fingerprint density at radius 2 is 1.97 bits per heavy atom. The fourth-order valence-corrected chi connectivity index (χ4v) is 5.06. The van der Waals surface area contributed by atoms with E-state index in [1.165, 1.54) is 28.9 Å². The SMILES string of the molecule is COc1cc(C2CC2)cc(-c2cnc(N3CC4(CC4)c4ccc(C(=O)N(C)CCO)cc43)nc2)n1. The van der Waals surface area contributed by atoms with Gasteiger partial charge in [-0.2, -0.15) is 0 Å². The first-order chi connectivity index (χ1) is 17.0. The van der Waals surface area contributed by atoms with E-state index in [2.05, 4.69) is 22.0 Å². The monoisotopic (exact) mass is 471 g/mol. The summed E-state index contributed by atoms with van der Waals surface area (Å²) in [7, 11) is 3.34. The number of aromatic nitrogens is 3. The number of aliphatic hydroxyl groups excluding tert-OH is 1. The van der Waals surface area contributed by atoms with Crippen LogP contribution in [0.4, 0.5) is 11.6 Å². The molecule has 3 heterocycles. The van der Waals surface area contributed by atoms with Gasteiger partial charge in [0.25, 0.3) is 5.91 Å². The quantitative estimate of drug-likeness (QED) is 0.562. The van der Waals surface area contributed by atoms with E-state index in [1.807, 2.05) is 30.6 Å². The predicted molar refractivity (Wildman–Crippen MR) is 132 cm³/mol. The number of ether oxygens (including phenoxy) is 1. The van der Waals surface area contributed by atoms with Crippen molar-refractivity contribution in [1.82, 2.24) is 19.9 Å². The van der Waals surface area contributed by atoms with E-state index in [-0.39, 0.29) is 17.9 Å². The maximum absolute atomic E-state index is 12.8. The molecule has 0 atom stereocenters. The van der Waals surface area contributed by atoms with Crippen LogP contribution >= 0.6 is 0 Å². The normalized spacial score (nSPS) is 17.4. The summed E-state index contributed by atoms with van der Waals surface area (Å²) < 4.78 is 5.43. The largest absolute Gasteiger partial charge is 0.481 e. The van der Waals surface area contributed by atoms with Crippen molar-refractivity contribution in [3.63, 3.8) is 0 Å². The highest BCUT2D eigenvalue weighted by atomic mass is 16.5. The average Bonchev–Trinajstić information content (AvgIpc) is 3.82. The topological polar surface area (TPSA) is 91.7 Å². The minimum atomic E-state index is -0.106. The molecule has 180 valence electrons. The van der Waals surface area contributed by atoms with Gasteiger partial charge in [0.1, 0.15) is 0 Å². The zero-order chi connectivity index (χ0) is 24.2. The molecule has 0 unspecified atom stereocenters. The molecule has 3 aromatic rings. The highest BCUT2D eigenvalue weighted by Crippen LogP contribution is 2.57. The Labute approximate surface area is 204 Å². The lowest BCUT2D eigenvalue weighted by molar-refractivity contribution is 0.0767. The molecular weight excluding hydrogens is 442 g/mol. The highest BCUT2D eigenvalue weighted by Gasteiger charge is 2.52. The second-order valence-corrected chi connectivity index (χ2v) is 9.92. The van der Waals surface area contributed by atoms with Crippen LogP contribution in [-0.2, 0) is 5.41 Å². The smallest absolute Gasteiger partial charge is 0.253 e. The van der Waals surface area contributed by atoms with Gasteiger partial charge in [0.15, 0.2) is 0 Å². The van der Waals surface area contributed by atoms with Crippen molar-refractivity contribution in [3.8, 4) is 17.1 Å². The molecule has 8 nitrogen and oxygen atoms in total. The number of nitrogens with zero attached hydrogens (tertiary/aromatic N) is 5. The molecule has 35 heavy (non-hydrogen) atoms. The van der Waals surface area contributed by atoms with E-state index in [0.29, 0.717) is 29.9 Å². The molecule has 8 heteroatoms. The molecule has 2 saturated carbocycles. The molecule has 1 spiro atoms. The van der Waals surface area contributed by atoms with E-state index >= 15 is 0 Å². The van der Waals surface area contributed by atoms with Gasteiger partial charge < -0.3 is 19.6 Å². The molecule has 3 aliphatic rings. The van der Waals surface area contributed by atoms with E-state index in [0.717, 1.165) is 36.3 Å². The molecule has 2 aliphatic carbocycles. The number of rotatable bonds is 7. The summed E-state index contributed by atoms with van der Waals surface area (Å²) in [4.78, 5) is 30.6. The van der Waals surface area contributed by atoms with Crippen molar-refractivity contribution in [2.45, 2.75) is 37.0 Å². The van der Waals surface area contributed by atoms with Crippen molar-refractivity contribution in [2.24, 2.45) is 0 Å². The predicted octanol–water partition coefficient (Wildman–Crippen LogP) is 3.67. The van der Waals surface area contributed by atoms with Gasteiger partial charge in [-0.3, -0.25) is 4.79 Å². The Bertz CT molecular complexity index is 1280. The molecule has 1 N–H and O–H groups in total. The first kappa shape index (κ1) is 22.0. The van der Waals surface area contributed by atoms with E-state index in [9.17, 15) is 9.90 Å². The summed E-state index contributed by atoms with van der Waals surface area (Å²) >= 11 is 0. The standard InChI is InChI=1S/C27H29N5O3/c1-31(9-10-33)25(34)18-5-6-21-23(12-18)32(16-27(21)7-8-27)26-28-14-20(15-29-26)22-11-19(17-3-4-17)13-24(30-22)35-2/h5-6,11-15,17,33H,3-4,7-10,16H2,1-2H3. The second-order valence-electron chi connectivity index (χ2n) is 9.92. The van der Waals surface area contributed by atoms with Crippen LogP contribution in [0.1, 0.15) is 53.1 Å². The molecule has 6 rings (SSSR count). The van der Waals surface area contributed by atoms with Crippen molar-refractivity contribution in [2.75, 3.05) is 38.8 Å². The number of carbonyl (C=O) groups excluding carboxylic acids is 1. The van der Waals surface area contributed by atoms with Crippen LogP contribution in [0.3, 0.4) is 0 Å². The summed E-state index contributed by atoms with van der Waals surface area (Å²) in [6, 6.07) is 10.1. The molecule has 1 aromatic carbocycles. The number of fused-ring (bicyclic) bond motifs is 2. The summed E-state index contributed by atoms with van der Waals surface area (Å²) in [5.74, 6) is 1.72. The van der Waals surface area contributed by atoms with E-state index in [4.69, 9.17) is 14.7 Å². The van der Waals surface area contributed by atoms with Crippen LogP contribution in [-0.4, -0.2) is 64.7 Å². The van der Waals surface area contributed by atoms with E-state index in [1.54, 1.807) is 14.2 Å². The van der Waals surface area contributed by atoms with Gasteiger partial charge in [0.2, 0.25) is 11.8 Å². The summed E-state index contributed by atoms with van der Waals surface area (Å²) in [6.07, 6.45) is 8.32. The molecule has 0 radical (unpaired) electrons. The minimum absolute atomic E-state index is 0.0626. The van der Waals surface area contributed by atoms with Gasteiger partial charge in [-0.25, -0.2) is 15.0 Å². The Hall–Kier alpha value is -3.52. The number of hydrogen-bond donors (Lipinski definition) is 1. The number of amides is 1. The number of aliphatic hydroxyl groups is 1. The van der Waals surface area contributed by atoms with Crippen LogP contribution in [0.2, 0.25) is 0 Å². The average molecular weight is 472 g/mol. The van der Waals surface area contributed by atoms with Crippen molar-refractivity contribution >= 4 is 17.5 Å². The number of methoxy groups -OCH3 is 1. The van der Waals surface area contributed by atoms with Crippen LogP contribution in [0, 0.1) is 0 Å². The molecule has 1 aliphatic heterocycles. The maximum Gasteiger partial charge on any atom is 0.253 e. The van der Waals surface area contributed by atoms with Gasteiger partial charge in [0.05, 0.1) is 19.4 Å². The number of anilines is 2. The Balaban J connectivity index is 1.31. The molecule has 1 amide bonds. The van der Waals surface area contributed by atoms with Crippen molar-refractivity contribution < 1.29 is 14.6 Å². The Morgan fingerprint density at radius 3 is 2.63 bits per heavy atom. The first-order valence-corrected chi connectivity index (χ1v) is 12.2. The van der Waals surface area contributed by atoms with Crippen LogP contribution in [0.5, 0.6) is 5.88 Å². The van der Waals surface area contributed by atoms with Gasteiger partial charge in [-0.1, -0.05) is 6.07 Å².